The molecule has 0 N–H and O–H groups in total. The number of aromatic nitrogens is 1. The van der Waals surface area contributed by atoms with Crippen molar-refractivity contribution in [3.8, 4) is 0 Å². The number of aryl methyl sites for hydroxylation is 2. The first kappa shape index (κ1) is 14.4. The summed E-state index contributed by atoms with van der Waals surface area (Å²) in [6, 6.07) is 9.86. The van der Waals surface area contributed by atoms with E-state index in [1.807, 2.05) is 31.2 Å². The molecule has 0 aliphatic heterocycles. The van der Waals surface area contributed by atoms with Gasteiger partial charge < -0.3 is 4.42 Å². The van der Waals surface area contributed by atoms with Crippen LogP contribution in [0.4, 0.5) is 0 Å². The second kappa shape index (κ2) is 5.70. The van der Waals surface area contributed by atoms with Gasteiger partial charge in [-0.2, -0.15) is 0 Å². The Bertz CT molecular complexity index is 830. The van der Waals surface area contributed by atoms with Crippen molar-refractivity contribution in [2.45, 2.75) is 32.2 Å². The van der Waals surface area contributed by atoms with Crippen LogP contribution in [0.1, 0.15) is 34.0 Å². The molecule has 21 heavy (non-hydrogen) atoms. The first-order chi connectivity index (χ1) is 10.1. The van der Waals surface area contributed by atoms with Crippen LogP contribution in [-0.4, -0.2) is 4.57 Å². The van der Waals surface area contributed by atoms with Crippen molar-refractivity contribution in [2.75, 3.05) is 0 Å². The molecule has 3 aromatic rings. The zero-order valence-corrected chi connectivity index (χ0v) is 13.5. The van der Waals surface area contributed by atoms with E-state index in [0.717, 1.165) is 22.4 Å². The molecule has 2 aromatic heterocycles. The number of hydrogen-bond donors (Lipinski definition) is 0. The number of oxazole rings is 1. The Balaban J connectivity index is 2.03. The quantitative estimate of drug-likeness (QED) is 0.653. The first-order valence-corrected chi connectivity index (χ1v) is 8.19. The normalized spacial score (nSPS) is 12.9. The van der Waals surface area contributed by atoms with Crippen molar-refractivity contribution in [3.05, 3.63) is 56.2 Å². The van der Waals surface area contributed by atoms with Crippen LogP contribution in [-0.2, 0) is 6.54 Å². The maximum Gasteiger partial charge on any atom is 0.419 e. The van der Waals surface area contributed by atoms with E-state index >= 15 is 0 Å². The second-order valence-corrected chi connectivity index (χ2v) is 6.81. The van der Waals surface area contributed by atoms with E-state index in [-0.39, 0.29) is 11.1 Å². The van der Waals surface area contributed by atoms with Crippen LogP contribution < -0.4 is 5.76 Å². The third-order valence-electron chi connectivity index (χ3n) is 3.44. The fourth-order valence-electron chi connectivity index (χ4n) is 2.43. The van der Waals surface area contributed by atoms with Gasteiger partial charge in [0, 0.05) is 16.3 Å². The molecule has 5 heteroatoms. The fraction of sp³-hybridized carbons (Fsp3) is 0.312. The third kappa shape index (κ3) is 2.65. The van der Waals surface area contributed by atoms with Crippen molar-refractivity contribution in [2.24, 2.45) is 0 Å². The van der Waals surface area contributed by atoms with Crippen LogP contribution in [0.15, 0.2) is 39.5 Å². The minimum absolute atomic E-state index is 0.215. The minimum atomic E-state index is -0.304. The van der Waals surface area contributed by atoms with E-state index in [1.54, 1.807) is 15.9 Å². The molecule has 2 heterocycles. The molecule has 0 saturated heterocycles. The Morgan fingerprint density at radius 3 is 2.81 bits per heavy atom. The van der Waals surface area contributed by atoms with Crippen LogP contribution in [0.25, 0.3) is 11.1 Å². The monoisotopic (exact) mass is 321 g/mol. The van der Waals surface area contributed by atoms with Gasteiger partial charge in [-0.3, -0.25) is 4.57 Å². The largest absolute Gasteiger partial charge is 0.419 e. The van der Waals surface area contributed by atoms with Gasteiger partial charge in [0.05, 0.1) is 10.9 Å². The molecule has 0 aliphatic carbocycles. The molecular formula is C16H16ClNO2S. The highest BCUT2D eigenvalue weighted by molar-refractivity contribution is 7.12. The predicted octanol–water partition coefficient (Wildman–Crippen LogP) is 4.70. The van der Waals surface area contributed by atoms with Crippen molar-refractivity contribution in [1.82, 2.24) is 4.57 Å². The number of nitrogens with zero attached hydrogens (tertiary/aromatic N) is 1. The van der Waals surface area contributed by atoms with Gasteiger partial charge in [-0.25, -0.2) is 4.79 Å². The molecule has 1 unspecified atom stereocenters. The van der Waals surface area contributed by atoms with Gasteiger partial charge in [0.15, 0.2) is 5.58 Å². The van der Waals surface area contributed by atoms with Crippen molar-refractivity contribution < 1.29 is 4.42 Å². The zero-order chi connectivity index (χ0) is 15.0. The summed E-state index contributed by atoms with van der Waals surface area (Å²) in [7, 11) is 0. The Hall–Kier alpha value is -1.52. The van der Waals surface area contributed by atoms with Gasteiger partial charge in [0.1, 0.15) is 0 Å². The molecule has 0 saturated carbocycles. The average Bonchev–Trinajstić information content (AvgIpc) is 3.02. The molecule has 0 aliphatic rings. The summed E-state index contributed by atoms with van der Waals surface area (Å²) < 4.78 is 7.00. The number of fused-ring (bicyclic) bond motifs is 1. The number of benzene rings is 1. The summed E-state index contributed by atoms with van der Waals surface area (Å²) in [4.78, 5) is 14.2. The summed E-state index contributed by atoms with van der Waals surface area (Å²) in [5.74, 6) is -0.304. The summed E-state index contributed by atoms with van der Waals surface area (Å²) in [5, 5.41) is -0.215. The van der Waals surface area contributed by atoms with Crippen LogP contribution >= 0.6 is 22.9 Å². The SMILES string of the molecule is CCCn1c(=O)oc2cc(C(Cl)c3ccc(C)s3)ccc21. The van der Waals surface area contributed by atoms with E-state index in [1.165, 1.54) is 4.88 Å². The maximum absolute atomic E-state index is 11.8. The summed E-state index contributed by atoms with van der Waals surface area (Å²) in [5.41, 5.74) is 2.38. The average molecular weight is 322 g/mol. The summed E-state index contributed by atoms with van der Waals surface area (Å²) >= 11 is 8.22. The van der Waals surface area contributed by atoms with E-state index in [4.69, 9.17) is 16.0 Å². The van der Waals surface area contributed by atoms with Crippen molar-refractivity contribution in [3.63, 3.8) is 0 Å². The summed E-state index contributed by atoms with van der Waals surface area (Å²) in [6.45, 7) is 4.76. The van der Waals surface area contributed by atoms with Gasteiger partial charge in [-0.05, 0) is 43.2 Å². The lowest BCUT2D eigenvalue weighted by Crippen LogP contribution is -2.13. The molecule has 1 atom stereocenters. The van der Waals surface area contributed by atoms with E-state index < -0.39 is 0 Å². The van der Waals surface area contributed by atoms with Gasteiger partial charge in [0.25, 0.3) is 0 Å². The van der Waals surface area contributed by atoms with Gasteiger partial charge in [0.2, 0.25) is 0 Å². The standard InChI is InChI=1S/C16H16ClNO2S/c1-3-8-18-12-6-5-11(9-13(12)20-16(18)19)15(17)14-7-4-10(2)21-14/h4-7,9,15H,3,8H2,1-2H3. The minimum Gasteiger partial charge on any atom is -0.408 e. The van der Waals surface area contributed by atoms with Crippen molar-refractivity contribution >= 4 is 34.0 Å². The number of rotatable bonds is 4. The highest BCUT2D eigenvalue weighted by Crippen LogP contribution is 2.34. The van der Waals surface area contributed by atoms with Crippen LogP contribution in [0.2, 0.25) is 0 Å². The lowest BCUT2D eigenvalue weighted by atomic mass is 10.1. The molecule has 0 fully saturated rings. The van der Waals surface area contributed by atoms with Crippen LogP contribution in [0.3, 0.4) is 0 Å². The zero-order valence-electron chi connectivity index (χ0n) is 11.9. The van der Waals surface area contributed by atoms with E-state index in [9.17, 15) is 4.79 Å². The van der Waals surface area contributed by atoms with Gasteiger partial charge >= 0.3 is 5.76 Å². The highest BCUT2D eigenvalue weighted by atomic mass is 35.5. The number of hydrogen-bond acceptors (Lipinski definition) is 3. The second-order valence-electron chi connectivity index (χ2n) is 5.06. The Morgan fingerprint density at radius 1 is 1.33 bits per heavy atom. The Labute approximate surface area is 131 Å². The predicted molar refractivity (Wildman–Crippen MR) is 87.5 cm³/mol. The Kier molecular flexibility index (Phi) is 3.91. The maximum atomic E-state index is 11.8. The first-order valence-electron chi connectivity index (χ1n) is 6.94. The Morgan fingerprint density at radius 2 is 2.14 bits per heavy atom. The topological polar surface area (TPSA) is 35.1 Å². The molecule has 3 rings (SSSR count). The lowest BCUT2D eigenvalue weighted by Gasteiger charge is -2.07. The lowest BCUT2D eigenvalue weighted by molar-refractivity contribution is 0.502. The molecule has 1 aromatic carbocycles. The number of alkyl halides is 1. The molecule has 0 radical (unpaired) electrons. The molecular weight excluding hydrogens is 306 g/mol. The van der Waals surface area contributed by atoms with E-state index in [0.29, 0.717) is 12.1 Å². The summed E-state index contributed by atoms with van der Waals surface area (Å²) in [6.07, 6.45) is 0.892. The fourth-order valence-corrected chi connectivity index (χ4v) is 3.66. The molecule has 0 spiro atoms. The molecule has 110 valence electrons. The van der Waals surface area contributed by atoms with Gasteiger partial charge in [-0.1, -0.05) is 13.0 Å². The molecule has 3 nitrogen and oxygen atoms in total. The number of halogens is 1. The smallest absolute Gasteiger partial charge is 0.408 e. The van der Waals surface area contributed by atoms with Crippen molar-refractivity contribution in [1.29, 1.82) is 0 Å². The van der Waals surface area contributed by atoms with E-state index in [2.05, 4.69) is 13.0 Å². The van der Waals surface area contributed by atoms with Crippen LogP contribution in [0.5, 0.6) is 0 Å². The molecule has 0 amide bonds. The number of thiophene rings is 1. The molecule has 0 bridgehead atoms. The van der Waals surface area contributed by atoms with Crippen LogP contribution in [0, 0.1) is 6.92 Å². The van der Waals surface area contributed by atoms with Gasteiger partial charge in [-0.15, -0.1) is 22.9 Å². The highest BCUT2D eigenvalue weighted by Gasteiger charge is 2.16. The third-order valence-corrected chi connectivity index (χ3v) is 5.13.